The third-order valence-electron chi connectivity index (χ3n) is 3.53. The first kappa shape index (κ1) is 14.1. The van der Waals surface area contributed by atoms with Gasteiger partial charge in [-0.1, -0.05) is 25.1 Å². The molecule has 2 N–H and O–H groups in total. The van der Waals surface area contributed by atoms with Crippen molar-refractivity contribution in [2.24, 2.45) is 0 Å². The fraction of sp³-hybridized carbons (Fsp3) is 0.500. The molecule has 0 aliphatic rings. The van der Waals surface area contributed by atoms with Crippen molar-refractivity contribution in [3.63, 3.8) is 0 Å². The van der Waals surface area contributed by atoms with Gasteiger partial charge in [0, 0.05) is 36.6 Å². The lowest BCUT2D eigenvalue weighted by molar-refractivity contribution is 0.276. The summed E-state index contributed by atoms with van der Waals surface area (Å²) < 4.78 is 5.88. The molecule has 104 valence electrons. The zero-order valence-corrected chi connectivity index (χ0v) is 11.8. The first-order chi connectivity index (χ1) is 9.26. The lowest BCUT2D eigenvalue weighted by Crippen LogP contribution is -2.25. The molecule has 1 heterocycles. The van der Waals surface area contributed by atoms with E-state index in [4.69, 9.17) is 9.52 Å². The van der Waals surface area contributed by atoms with E-state index in [1.807, 2.05) is 12.1 Å². The van der Waals surface area contributed by atoms with Crippen molar-refractivity contribution in [1.29, 1.82) is 0 Å². The monoisotopic (exact) mass is 261 g/mol. The number of para-hydroxylation sites is 1. The van der Waals surface area contributed by atoms with Crippen LogP contribution in [0.15, 0.2) is 28.7 Å². The molecule has 0 saturated heterocycles. The number of hydrogen-bond donors (Lipinski definition) is 2. The van der Waals surface area contributed by atoms with Crippen LogP contribution in [0.2, 0.25) is 0 Å². The summed E-state index contributed by atoms with van der Waals surface area (Å²) in [6.07, 6.45) is 2.76. The number of furan rings is 1. The van der Waals surface area contributed by atoms with E-state index in [1.165, 1.54) is 10.9 Å². The molecular formula is C16H23NO2. The highest BCUT2D eigenvalue weighted by Crippen LogP contribution is 2.26. The van der Waals surface area contributed by atoms with Crippen LogP contribution in [0.25, 0.3) is 11.0 Å². The Kier molecular flexibility index (Phi) is 5.00. The second-order valence-corrected chi connectivity index (χ2v) is 5.00. The van der Waals surface area contributed by atoms with E-state index in [9.17, 15) is 0 Å². The molecule has 1 atom stereocenters. The number of aryl methyl sites for hydroxylation is 1. The van der Waals surface area contributed by atoms with Crippen molar-refractivity contribution in [3.8, 4) is 0 Å². The predicted octanol–water partition coefficient (Wildman–Crippen LogP) is 3.25. The van der Waals surface area contributed by atoms with Gasteiger partial charge in [-0.3, -0.25) is 0 Å². The number of aliphatic hydroxyl groups is 1. The maximum Gasteiger partial charge on any atom is 0.134 e. The van der Waals surface area contributed by atoms with Gasteiger partial charge in [-0.05, 0) is 25.8 Å². The summed E-state index contributed by atoms with van der Waals surface area (Å²) in [5.74, 6) is 1.07. The van der Waals surface area contributed by atoms with Crippen molar-refractivity contribution >= 4 is 11.0 Å². The second-order valence-electron chi connectivity index (χ2n) is 5.00. The Morgan fingerprint density at radius 1 is 1.32 bits per heavy atom. The maximum atomic E-state index is 8.85. The molecule has 1 aromatic heterocycles. The quantitative estimate of drug-likeness (QED) is 0.804. The molecule has 0 fully saturated rings. The van der Waals surface area contributed by atoms with Gasteiger partial charge in [0.05, 0.1) is 0 Å². The number of rotatable bonds is 7. The summed E-state index contributed by atoms with van der Waals surface area (Å²) in [6.45, 7) is 5.37. The fourth-order valence-electron chi connectivity index (χ4n) is 2.40. The SMILES string of the molecule is CCc1oc2ccccc2c1CNC(C)CCCO. The molecule has 0 saturated carbocycles. The van der Waals surface area contributed by atoms with E-state index in [-0.39, 0.29) is 6.61 Å². The number of benzene rings is 1. The highest BCUT2D eigenvalue weighted by molar-refractivity contribution is 5.82. The molecule has 0 amide bonds. The van der Waals surface area contributed by atoms with Crippen LogP contribution in [0.4, 0.5) is 0 Å². The van der Waals surface area contributed by atoms with Crippen LogP contribution in [-0.2, 0) is 13.0 Å². The van der Waals surface area contributed by atoms with Crippen LogP contribution in [-0.4, -0.2) is 17.8 Å². The normalized spacial score (nSPS) is 13.0. The van der Waals surface area contributed by atoms with Crippen molar-refractivity contribution in [1.82, 2.24) is 5.32 Å². The van der Waals surface area contributed by atoms with E-state index in [0.717, 1.165) is 37.2 Å². The highest BCUT2D eigenvalue weighted by Gasteiger charge is 2.12. The molecule has 1 unspecified atom stereocenters. The number of fused-ring (bicyclic) bond motifs is 1. The molecular weight excluding hydrogens is 238 g/mol. The topological polar surface area (TPSA) is 45.4 Å². The van der Waals surface area contributed by atoms with Crippen LogP contribution < -0.4 is 5.32 Å². The van der Waals surface area contributed by atoms with E-state index in [2.05, 4.69) is 31.3 Å². The Morgan fingerprint density at radius 2 is 2.11 bits per heavy atom. The Hall–Kier alpha value is -1.32. The molecule has 2 aromatic rings. The standard InChI is InChI=1S/C16H23NO2/c1-3-15-14(11-17-12(2)7-6-10-18)13-8-4-5-9-16(13)19-15/h4-5,8-9,12,17-18H,3,6-7,10-11H2,1-2H3. The molecule has 3 nitrogen and oxygen atoms in total. The van der Waals surface area contributed by atoms with Gasteiger partial charge < -0.3 is 14.8 Å². The third kappa shape index (κ3) is 3.37. The Labute approximate surface area is 114 Å². The van der Waals surface area contributed by atoms with E-state index >= 15 is 0 Å². The van der Waals surface area contributed by atoms with Crippen molar-refractivity contribution in [2.75, 3.05) is 6.61 Å². The molecule has 19 heavy (non-hydrogen) atoms. The minimum atomic E-state index is 0.265. The molecule has 0 spiro atoms. The third-order valence-corrected chi connectivity index (χ3v) is 3.53. The zero-order chi connectivity index (χ0) is 13.7. The van der Waals surface area contributed by atoms with Crippen molar-refractivity contribution in [2.45, 2.75) is 45.7 Å². The largest absolute Gasteiger partial charge is 0.461 e. The van der Waals surface area contributed by atoms with Gasteiger partial charge in [0.2, 0.25) is 0 Å². The average Bonchev–Trinajstić information content (AvgIpc) is 2.80. The smallest absolute Gasteiger partial charge is 0.134 e. The van der Waals surface area contributed by atoms with Gasteiger partial charge in [-0.15, -0.1) is 0 Å². The maximum absolute atomic E-state index is 8.85. The van der Waals surface area contributed by atoms with Gasteiger partial charge in [0.15, 0.2) is 0 Å². The van der Waals surface area contributed by atoms with Gasteiger partial charge in [-0.2, -0.15) is 0 Å². The predicted molar refractivity (Wildman–Crippen MR) is 78.2 cm³/mol. The number of nitrogens with one attached hydrogen (secondary N) is 1. The summed E-state index contributed by atoms with van der Waals surface area (Å²) in [6, 6.07) is 8.61. The van der Waals surface area contributed by atoms with Crippen LogP contribution >= 0.6 is 0 Å². The first-order valence-corrected chi connectivity index (χ1v) is 7.09. The lowest BCUT2D eigenvalue weighted by Gasteiger charge is -2.13. The Bertz CT molecular complexity index is 518. The van der Waals surface area contributed by atoms with Gasteiger partial charge in [0.25, 0.3) is 0 Å². The van der Waals surface area contributed by atoms with E-state index in [1.54, 1.807) is 0 Å². The summed E-state index contributed by atoms with van der Waals surface area (Å²) >= 11 is 0. The van der Waals surface area contributed by atoms with Crippen LogP contribution in [0.1, 0.15) is 38.0 Å². The summed E-state index contributed by atoms with van der Waals surface area (Å²) in [5, 5.41) is 13.6. The molecule has 0 aliphatic carbocycles. The van der Waals surface area contributed by atoms with E-state index in [0.29, 0.717) is 6.04 Å². The summed E-state index contributed by atoms with van der Waals surface area (Å²) in [5.41, 5.74) is 2.24. The van der Waals surface area contributed by atoms with E-state index < -0.39 is 0 Å². The molecule has 3 heteroatoms. The molecule has 1 aromatic carbocycles. The molecule has 0 aliphatic heterocycles. The molecule has 0 radical (unpaired) electrons. The number of hydrogen-bond acceptors (Lipinski definition) is 3. The van der Waals surface area contributed by atoms with Crippen molar-refractivity contribution < 1.29 is 9.52 Å². The minimum Gasteiger partial charge on any atom is -0.461 e. The van der Waals surface area contributed by atoms with Crippen LogP contribution in [0.3, 0.4) is 0 Å². The summed E-state index contributed by atoms with van der Waals surface area (Å²) in [4.78, 5) is 0. The highest BCUT2D eigenvalue weighted by atomic mass is 16.3. The Morgan fingerprint density at radius 3 is 2.84 bits per heavy atom. The second kappa shape index (κ2) is 6.73. The number of aliphatic hydroxyl groups excluding tert-OH is 1. The zero-order valence-electron chi connectivity index (χ0n) is 11.8. The fourth-order valence-corrected chi connectivity index (χ4v) is 2.40. The van der Waals surface area contributed by atoms with Crippen LogP contribution in [0.5, 0.6) is 0 Å². The molecule has 2 rings (SSSR count). The average molecular weight is 261 g/mol. The van der Waals surface area contributed by atoms with Gasteiger partial charge in [-0.25, -0.2) is 0 Å². The lowest BCUT2D eigenvalue weighted by atomic mass is 10.1. The minimum absolute atomic E-state index is 0.265. The Balaban J connectivity index is 2.10. The summed E-state index contributed by atoms with van der Waals surface area (Å²) in [7, 11) is 0. The molecule has 0 bridgehead atoms. The van der Waals surface area contributed by atoms with Gasteiger partial charge in [0.1, 0.15) is 11.3 Å². The first-order valence-electron chi connectivity index (χ1n) is 7.09. The van der Waals surface area contributed by atoms with Crippen molar-refractivity contribution in [3.05, 3.63) is 35.6 Å². The van der Waals surface area contributed by atoms with Crippen LogP contribution in [0, 0.1) is 0 Å². The van der Waals surface area contributed by atoms with Gasteiger partial charge >= 0.3 is 0 Å².